The minimum Gasteiger partial charge on any atom is -0.469 e. The maximum atomic E-state index is 14.1. The molecule has 0 aliphatic carbocycles. The Morgan fingerprint density at radius 1 is 0.758 bits per heavy atom. The van der Waals surface area contributed by atoms with Crippen LogP contribution in [0.2, 0.25) is 0 Å². The molecule has 3 aromatic carbocycles. The summed E-state index contributed by atoms with van der Waals surface area (Å²) in [5, 5.41) is 2.72. The van der Waals surface area contributed by atoms with Gasteiger partial charge in [-0.2, -0.15) is 0 Å². The summed E-state index contributed by atoms with van der Waals surface area (Å²) in [5.41, 5.74) is 8.43. The van der Waals surface area contributed by atoms with Gasteiger partial charge in [0.05, 0.1) is 44.2 Å². The summed E-state index contributed by atoms with van der Waals surface area (Å²) in [4.78, 5) is 79.0. The Hall–Kier alpha value is -7.22. The number of benzene rings is 3. The van der Waals surface area contributed by atoms with Crippen molar-refractivity contribution in [2.75, 3.05) is 27.3 Å². The molecular formula is C48H46N8O6. The van der Waals surface area contributed by atoms with Crippen LogP contribution in [0.5, 0.6) is 0 Å². The molecule has 0 bridgehead atoms. The zero-order chi connectivity index (χ0) is 42.7. The molecule has 2 N–H and O–H groups in total. The summed E-state index contributed by atoms with van der Waals surface area (Å²) in [6.45, 7) is 1.15. The van der Waals surface area contributed by atoms with Gasteiger partial charge in [0.15, 0.2) is 11.5 Å². The van der Waals surface area contributed by atoms with E-state index in [1.807, 2.05) is 107 Å². The molecule has 3 aliphatic rings. The first-order valence-electron chi connectivity index (χ1n) is 20.9. The summed E-state index contributed by atoms with van der Waals surface area (Å²) < 4.78 is 9.80. The molecule has 0 spiro atoms. The molecule has 62 heavy (non-hydrogen) atoms. The number of imidazole rings is 1. The van der Waals surface area contributed by atoms with Gasteiger partial charge in [0.25, 0.3) is 0 Å². The molecule has 0 saturated carbocycles. The van der Waals surface area contributed by atoms with Gasteiger partial charge >= 0.3 is 12.1 Å². The van der Waals surface area contributed by atoms with Crippen molar-refractivity contribution in [2.45, 2.75) is 62.6 Å². The van der Waals surface area contributed by atoms with E-state index in [9.17, 15) is 19.2 Å². The highest BCUT2D eigenvalue weighted by molar-refractivity contribution is 6.01. The number of pyridine rings is 2. The van der Waals surface area contributed by atoms with Crippen molar-refractivity contribution in [2.24, 2.45) is 4.99 Å². The van der Waals surface area contributed by atoms with Gasteiger partial charge in [-0.15, -0.1) is 0 Å². The van der Waals surface area contributed by atoms with Crippen molar-refractivity contribution < 1.29 is 28.7 Å². The number of aliphatic imine (C=N–C) groups is 1. The number of aromatic nitrogens is 4. The first-order valence-corrected chi connectivity index (χ1v) is 20.9. The second kappa shape index (κ2) is 17.4. The summed E-state index contributed by atoms with van der Waals surface area (Å²) >= 11 is 0. The molecule has 6 heterocycles. The summed E-state index contributed by atoms with van der Waals surface area (Å²) in [6.07, 6.45) is 6.74. The molecule has 6 aromatic rings. The molecule has 9 rings (SSSR count). The number of hydrogen-bond acceptors (Lipinski definition) is 10. The lowest BCUT2D eigenvalue weighted by molar-refractivity contribution is -0.144. The van der Waals surface area contributed by atoms with E-state index in [1.54, 1.807) is 6.20 Å². The van der Waals surface area contributed by atoms with E-state index in [0.29, 0.717) is 42.4 Å². The molecule has 2 saturated heterocycles. The highest BCUT2D eigenvalue weighted by Gasteiger charge is 2.39. The van der Waals surface area contributed by atoms with Crippen LogP contribution in [0, 0.1) is 0 Å². The van der Waals surface area contributed by atoms with Gasteiger partial charge in [-0.1, -0.05) is 84.9 Å². The van der Waals surface area contributed by atoms with Crippen molar-refractivity contribution in [3.63, 3.8) is 0 Å². The van der Waals surface area contributed by atoms with Gasteiger partial charge in [-0.05, 0) is 60.1 Å². The smallest absolute Gasteiger partial charge is 0.407 e. The van der Waals surface area contributed by atoms with Crippen LogP contribution in [0.1, 0.15) is 72.4 Å². The number of hydrogen-bond donors (Lipinski definition) is 2. The van der Waals surface area contributed by atoms with Gasteiger partial charge in [0, 0.05) is 54.3 Å². The summed E-state index contributed by atoms with van der Waals surface area (Å²) in [5.74, 6) is -0.0125. The Morgan fingerprint density at radius 3 is 2.15 bits per heavy atom. The van der Waals surface area contributed by atoms with E-state index in [4.69, 9.17) is 24.4 Å². The van der Waals surface area contributed by atoms with Crippen LogP contribution in [0.25, 0.3) is 33.7 Å². The van der Waals surface area contributed by atoms with Gasteiger partial charge in [0.1, 0.15) is 11.9 Å². The lowest BCUT2D eigenvalue weighted by Gasteiger charge is -2.29. The lowest BCUT2D eigenvalue weighted by Crippen LogP contribution is -2.43. The third-order valence-electron chi connectivity index (χ3n) is 12.2. The molecule has 1 unspecified atom stereocenters. The van der Waals surface area contributed by atoms with E-state index in [1.165, 1.54) is 14.2 Å². The average molecular weight is 831 g/mol. The van der Waals surface area contributed by atoms with Crippen LogP contribution >= 0.6 is 0 Å². The first kappa shape index (κ1) is 40.2. The molecular weight excluding hydrogens is 785 g/mol. The number of rotatable bonds is 11. The number of aromatic amines is 1. The number of carbonyl (C=O) groups is 4. The predicted octanol–water partition coefficient (Wildman–Crippen LogP) is 7.41. The zero-order valence-corrected chi connectivity index (χ0v) is 34.5. The number of nitrogens with zero attached hydrogens (tertiary/aromatic N) is 6. The molecule has 3 aromatic heterocycles. The Bertz CT molecular complexity index is 2670. The molecule has 0 radical (unpaired) electrons. The second-order valence-electron chi connectivity index (χ2n) is 15.9. The molecule has 2 fully saturated rings. The van der Waals surface area contributed by atoms with Crippen LogP contribution in [0.15, 0.2) is 114 Å². The third-order valence-corrected chi connectivity index (χ3v) is 12.2. The zero-order valence-electron chi connectivity index (χ0n) is 34.5. The molecule has 14 nitrogen and oxygen atoms in total. The number of fused-ring (bicyclic) bond motifs is 2. The van der Waals surface area contributed by atoms with E-state index in [0.717, 1.165) is 70.3 Å². The van der Waals surface area contributed by atoms with E-state index in [-0.39, 0.29) is 30.3 Å². The Kier molecular flexibility index (Phi) is 11.3. The average Bonchev–Trinajstić information content (AvgIpc) is 4.16. The number of ether oxygens (including phenoxy) is 2. The van der Waals surface area contributed by atoms with Crippen LogP contribution < -0.4 is 5.32 Å². The summed E-state index contributed by atoms with van der Waals surface area (Å²) in [6, 6.07) is 29.5. The van der Waals surface area contributed by atoms with Crippen molar-refractivity contribution >= 4 is 46.6 Å². The number of methoxy groups -OCH3 is 2. The van der Waals surface area contributed by atoms with Crippen LogP contribution in [0.4, 0.5) is 10.6 Å². The van der Waals surface area contributed by atoms with Gasteiger partial charge in [-0.3, -0.25) is 14.4 Å². The van der Waals surface area contributed by atoms with Crippen molar-refractivity contribution in [1.29, 1.82) is 0 Å². The number of nitrogens with one attached hydrogen (secondary N) is 2. The summed E-state index contributed by atoms with van der Waals surface area (Å²) in [7, 11) is 2.62. The molecule has 3 amide bonds. The predicted molar refractivity (Wildman–Crippen MR) is 232 cm³/mol. The molecule has 14 heteroatoms. The fourth-order valence-electron chi connectivity index (χ4n) is 9.02. The van der Waals surface area contributed by atoms with Gasteiger partial charge < -0.3 is 29.6 Å². The Labute approximate surface area is 358 Å². The van der Waals surface area contributed by atoms with Crippen molar-refractivity contribution in [1.82, 2.24) is 35.1 Å². The molecule has 314 valence electrons. The first-order chi connectivity index (χ1) is 30.3. The maximum absolute atomic E-state index is 14.1. The number of alkyl carbamates (subject to hydrolysis) is 1. The Balaban J connectivity index is 0.883. The van der Waals surface area contributed by atoms with Crippen LogP contribution in [0.3, 0.4) is 0 Å². The maximum Gasteiger partial charge on any atom is 0.407 e. The fraction of sp³-hybridized carbons (Fsp3) is 0.292. The molecule has 3 aliphatic heterocycles. The fourth-order valence-corrected chi connectivity index (χ4v) is 9.02. The quantitative estimate of drug-likeness (QED) is 0.126. The SMILES string of the molecule is COC(=O)C[C@@H](C(=O)N1CCC[C@H]1C1=Nc2ncc(-c3ccc(-c4nc5ncc(C6CCCN6C(=O)[C@H](NC(=O)OC)c6ccccc6)cc5[nH]4)cc3)cc2C1)c1ccccc1. The van der Waals surface area contributed by atoms with Gasteiger partial charge in [-0.25, -0.2) is 24.7 Å². The van der Waals surface area contributed by atoms with Crippen LogP contribution in [-0.4, -0.2) is 92.7 Å². The largest absolute Gasteiger partial charge is 0.469 e. The molecule has 4 atom stereocenters. The van der Waals surface area contributed by atoms with Gasteiger partial charge in [0.2, 0.25) is 11.8 Å². The van der Waals surface area contributed by atoms with Crippen molar-refractivity contribution in [3.05, 3.63) is 132 Å². The standard InChI is InChI=1S/C48H46N8O6/c1-61-41(57)26-36(30-11-5-3-6-12-30)46(58)56-22-10-16-40(56)37-24-33-23-34(27-49-43(33)51-37)29-17-19-32(20-18-29)44-52-38-25-35(28-50-45(38)54-44)39-15-9-21-55(39)47(59)42(53-48(60)62-2)31-13-7-4-8-14-31/h3-8,11-14,17-20,23,25,27-28,36,39-40,42H,9-10,15-16,21-22,24,26H2,1-2H3,(H,53,60)(H,50,52,54)/t36-,39?,40+,42-/m1/s1. The van der Waals surface area contributed by atoms with E-state index < -0.39 is 24.0 Å². The number of carbonyl (C=O) groups excluding carboxylic acids is 4. The number of H-pyrrole nitrogens is 1. The number of esters is 1. The second-order valence-corrected chi connectivity index (χ2v) is 15.9. The lowest BCUT2D eigenvalue weighted by atomic mass is 9.93. The number of likely N-dealkylation sites (tertiary alicyclic amines) is 2. The monoisotopic (exact) mass is 830 g/mol. The normalized spacial score (nSPS) is 17.9. The topological polar surface area (TPSA) is 172 Å². The minimum atomic E-state index is -0.888. The van der Waals surface area contributed by atoms with E-state index >= 15 is 0 Å². The van der Waals surface area contributed by atoms with E-state index in [2.05, 4.69) is 21.4 Å². The minimum absolute atomic E-state index is 0.0219. The third kappa shape index (κ3) is 8.03. The Morgan fingerprint density at radius 2 is 1.44 bits per heavy atom. The van der Waals surface area contributed by atoms with Crippen LogP contribution in [-0.2, 0) is 30.3 Å². The number of amides is 3. The van der Waals surface area contributed by atoms with Crippen molar-refractivity contribution in [3.8, 4) is 22.5 Å². The highest BCUT2D eigenvalue weighted by Crippen LogP contribution is 2.37. The highest BCUT2D eigenvalue weighted by atomic mass is 16.5.